The number of thioether (sulfide) groups is 1. The van der Waals surface area contributed by atoms with Crippen LogP contribution in [0.2, 0.25) is 0 Å². The number of rotatable bonds is 5. The van der Waals surface area contributed by atoms with Crippen LogP contribution in [0.4, 0.5) is 0 Å². The van der Waals surface area contributed by atoms with E-state index in [0.717, 1.165) is 5.75 Å². The summed E-state index contributed by atoms with van der Waals surface area (Å²) in [7, 11) is 0. The smallest absolute Gasteiger partial charge is 0.00645 e. The fraction of sp³-hybridized carbons (Fsp3) is 0.625. The van der Waals surface area contributed by atoms with E-state index in [0.29, 0.717) is 0 Å². The van der Waals surface area contributed by atoms with Crippen LogP contribution >= 0.6 is 11.8 Å². The molecule has 0 N–H and O–H groups in total. The first kappa shape index (κ1) is 9.09. The lowest BCUT2D eigenvalue weighted by molar-refractivity contribution is 0.921. The first-order valence-corrected chi connectivity index (χ1v) is 4.44. The van der Waals surface area contributed by atoms with Crippen molar-refractivity contribution in [3.05, 3.63) is 19.1 Å². The van der Waals surface area contributed by atoms with Crippen LogP contribution in [0.5, 0.6) is 0 Å². The highest BCUT2D eigenvalue weighted by Gasteiger charge is 1.86. The highest BCUT2D eigenvalue weighted by Crippen LogP contribution is 2.06. The second-order valence-electron chi connectivity index (χ2n) is 2.17. The molecule has 1 radical (unpaired) electrons. The van der Waals surface area contributed by atoms with Crippen LogP contribution in [0.15, 0.2) is 12.2 Å². The molecule has 1 heteroatoms. The molecule has 53 valence electrons. The van der Waals surface area contributed by atoms with E-state index in [9.17, 15) is 0 Å². The second kappa shape index (κ2) is 6.21. The Morgan fingerprint density at radius 1 is 1.56 bits per heavy atom. The molecule has 0 heterocycles. The molecule has 0 unspecified atom stereocenters. The number of allylic oxidation sites excluding steroid dienone is 1. The predicted octanol–water partition coefficient (Wildman–Crippen LogP) is 2.91. The van der Waals surface area contributed by atoms with Crippen molar-refractivity contribution in [1.82, 2.24) is 0 Å². The molecule has 0 saturated carbocycles. The first-order chi connectivity index (χ1) is 4.27. The van der Waals surface area contributed by atoms with E-state index in [4.69, 9.17) is 0 Å². The lowest BCUT2D eigenvalue weighted by Gasteiger charge is -1.96. The van der Waals surface area contributed by atoms with E-state index in [1.165, 1.54) is 24.2 Å². The van der Waals surface area contributed by atoms with Crippen LogP contribution < -0.4 is 0 Å². The Balaban J connectivity index is 2.83. The van der Waals surface area contributed by atoms with E-state index >= 15 is 0 Å². The van der Waals surface area contributed by atoms with Gasteiger partial charge < -0.3 is 0 Å². The topological polar surface area (TPSA) is 0 Å². The molecule has 0 aliphatic carbocycles. The summed E-state index contributed by atoms with van der Waals surface area (Å²) in [5.74, 6) is 2.23. The highest BCUT2D eigenvalue weighted by molar-refractivity contribution is 7.99. The van der Waals surface area contributed by atoms with Gasteiger partial charge in [0.15, 0.2) is 0 Å². The molecule has 0 saturated heterocycles. The average Bonchev–Trinajstić information content (AvgIpc) is 1.80. The Kier molecular flexibility index (Phi) is 6.28. The van der Waals surface area contributed by atoms with E-state index in [-0.39, 0.29) is 0 Å². The fourth-order valence-electron chi connectivity index (χ4n) is 0.578. The van der Waals surface area contributed by atoms with E-state index in [1.807, 2.05) is 11.8 Å². The zero-order valence-electron chi connectivity index (χ0n) is 6.15. The minimum atomic E-state index is 0.996. The normalized spacial score (nSPS) is 9.56. The molecular weight excluding hydrogens is 128 g/mol. The monoisotopic (exact) mass is 143 g/mol. The summed E-state index contributed by atoms with van der Waals surface area (Å²) >= 11 is 1.90. The molecule has 0 aromatic rings. The van der Waals surface area contributed by atoms with Crippen molar-refractivity contribution in [1.29, 1.82) is 0 Å². The van der Waals surface area contributed by atoms with Gasteiger partial charge in [0.05, 0.1) is 0 Å². The van der Waals surface area contributed by atoms with Gasteiger partial charge >= 0.3 is 0 Å². The molecule has 0 fully saturated rings. The lowest BCUT2D eigenvalue weighted by atomic mass is 10.2. The minimum absolute atomic E-state index is 0.996. The zero-order valence-corrected chi connectivity index (χ0v) is 6.97. The van der Waals surface area contributed by atoms with Crippen LogP contribution in [0.3, 0.4) is 0 Å². The van der Waals surface area contributed by atoms with Crippen molar-refractivity contribution >= 4 is 11.8 Å². The van der Waals surface area contributed by atoms with Gasteiger partial charge in [-0.05, 0) is 38.2 Å². The Bertz CT molecular complexity index is 76.6. The molecule has 0 atom stereocenters. The number of hydrogen-bond acceptors (Lipinski definition) is 1. The highest BCUT2D eigenvalue weighted by atomic mass is 32.2. The molecule has 0 spiro atoms. The van der Waals surface area contributed by atoms with Gasteiger partial charge in [0.25, 0.3) is 0 Å². The summed E-state index contributed by atoms with van der Waals surface area (Å²) < 4.78 is 0. The van der Waals surface area contributed by atoms with Crippen LogP contribution in [-0.2, 0) is 0 Å². The SMILES string of the molecule is [CH2]CSCCCC(=C)C. The Labute approximate surface area is 62.7 Å². The minimum Gasteiger partial charge on any atom is -0.162 e. The predicted molar refractivity (Wildman–Crippen MR) is 46.7 cm³/mol. The quantitative estimate of drug-likeness (QED) is 0.421. The molecule has 0 rings (SSSR count). The van der Waals surface area contributed by atoms with Gasteiger partial charge in [0.1, 0.15) is 0 Å². The molecule has 0 aliphatic rings. The van der Waals surface area contributed by atoms with Gasteiger partial charge in [-0.25, -0.2) is 0 Å². The molecule has 0 amide bonds. The van der Waals surface area contributed by atoms with E-state index < -0.39 is 0 Å². The third kappa shape index (κ3) is 8.09. The van der Waals surface area contributed by atoms with Crippen molar-refractivity contribution in [3.63, 3.8) is 0 Å². The summed E-state index contributed by atoms with van der Waals surface area (Å²) in [6, 6.07) is 0. The summed E-state index contributed by atoms with van der Waals surface area (Å²) in [6.45, 7) is 9.65. The molecular formula is C8H15S. The average molecular weight is 143 g/mol. The van der Waals surface area contributed by atoms with Crippen molar-refractivity contribution in [3.8, 4) is 0 Å². The summed E-state index contributed by atoms with van der Waals surface area (Å²) in [6.07, 6.45) is 2.43. The summed E-state index contributed by atoms with van der Waals surface area (Å²) in [5.41, 5.74) is 1.29. The molecule has 0 bridgehead atoms. The molecule has 9 heavy (non-hydrogen) atoms. The van der Waals surface area contributed by atoms with Gasteiger partial charge in [-0.2, -0.15) is 11.8 Å². The molecule has 0 nitrogen and oxygen atoms in total. The van der Waals surface area contributed by atoms with Crippen molar-refractivity contribution in [2.75, 3.05) is 11.5 Å². The van der Waals surface area contributed by atoms with Crippen LogP contribution in [0.25, 0.3) is 0 Å². The maximum absolute atomic E-state index is 3.83. The fourth-order valence-corrected chi connectivity index (χ4v) is 1.13. The van der Waals surface area contributed by atoms with Crippen LogP contribution in [0.1, 0.15) is 19.8 Å². The zero-order chi connectivity index (χ0) is 7.11. The maximum atomic E-state index is 3.83. The van der Waals surface area contributed by atoms with Crippen LogP contribution in [-0.4, -0.2) is 11.5 Å². The van der Waals surface area contributed by atoms with Gasteiger partial charge in [-0.3, -0.25) is 0 Å². The van der Waals surface area contributed by atoms with Gasteiger partial charge in [-0.1, -0.05) is 5.57 Å². The third-order valence-electron chi connectivity index (χ3n) is 1.04. The molecule has 0 aliphatic heterocycles. The summed E-state index contributed by atoms with van der Waals surface area (Å²) in [4.78, 5) is 0. The summed E-state index contributed by atoms with van der Waals surface area (Å²) in [5, 5.41) is 0. The van der Waals surface area contributed by atoms with Crippen LogP contribution in [0, 0.1) is 6.92 Å². The molecule has 0 aromatic heterocycles. The van der Waals surface area contributed by atoms with E-state index in [2.05, 4.69) is 20.4 Å². The van der Waals surface area contributed by atoms with Crippen molar-refractivity contribution in [2.24, 2.45) is 0 Å². The Morgan fingerprint density at radius 2 is 2.22 bits per heavy atom. The number of hydrogen-bond donors (Lipinski definition) is 0. The van der Waals surface area contributed by atoms with Gasteiger partial charge in [0.2, 0.25) is 0 Å². The third-order valence-corrected chi connectivity index (χ3v) is 1.90. The standard InChI is InChI=1S/C8H15S/c1-4-9-7-5-6-8(2)3/h1-2,4-7H2,3H3. The van der Waals surface area contributed by atoms with E-state index in [1.54, 1.807) is 0 Å². The Morgan fingerprint density at radius 3 is 2.67 bits per heavy atom. The largest absolute Gasteiger partial charge is 0.162 e. The first-order valence-electron chi connectivity index (χ1n) is 3.28. The maximum Gasteiger partial charge on any atom is -0.00645 e. The van der Waals surface area contributed by atoms with Crippen molar-refractivity contribution in [2.45, 2.75) is 19.8 Å². The Hall–Kier alpha value is 0.0900. The van der Waals surface area contributed by atoms with Gasteiger partial charge in [-0.15, -0.1) is 6.58 Å². The van der Waals surface area contributed by atoms with Crippen molar-refractivity contribution < 1.29 is 0 Å². The second-order valence-corrected chi connectivity index (χ2v) is 3.40. The molecule has 0 aromatic carbocycles. The lowest BCUT2D eigenvalue weighted by Crippen LogP contribution is -1.81. The van der Waals surface area contributed by atoms with Gasteiger partial charge in [0, 0.05) is 0 Å².